The van der Waals surface area contributed by atoms with E-state index in [-0.39, 0.29) is 11.4 Å². The Morgan fingerprint density at radius 3 is 2.24 bits per heavy atom. The molecule has 0 saturated carbocycles. The fourth-order valence-electron chi connectivity index (χ4n) is 2.28. The Bertz CT molecular complexity index is 619. The van der Waals surface area contributed by atoms with Gasteiger partial charge in [-0.3, -0.25) is 0 Å². The predicted octanol–water partition coefficient (Wildman–Crippen LogP) is 4.36. The molecule has 0 heterocycles. The average Bonchev–Trinajstić information content (AvgIpc) is 2.46. The van der Waals surface area contributed by atoms with E-state index in [0.717, 1.165) is 12.0 Å². The fraction of sp³-hybridized carbons (Fsp3) is 0.316. The van der Waals surface area contributed by atoms with E-state index in [0.29, 0.717) is 5.56 Å². The minimum absolute atomic E-state index is 0.170. The van der Waals surface area contributed by atoms with E-state index in [1.807, 2.05) is 18.2 Å². The summed E-state index contributed by atoms with van der Waals surface area (Å²) in [5.74, 6) is -0.292. The zero-order chi connectivity index (χ0) is 15.5. The van der Waals surface area contributed by atoms with Crippen LogP contribution in [0.1, 0.15) is 47.8 Å². The van der Waals surface area contributed by atoms with Gasteiger partial charge >= 0.3 is 5.97 Å². The van der Waals surface area contributed by atoms with Gasteiger partial charge < -0.3 is 4.74 Å². The van der Waals surface area contributed by atoms with Crippen molar-refractivity contribution in [2.24, 2.45) is 0 Å². The van der Waals surface area contributed by atoms with E-state index in [4.69, 9.17) is 4.74 Å². The number of carbonyl (C=O) groups excluding carboxylic acids is 1. The molecule has 2 rings (SSSR count). The molecule has 0 radical (unpaired) electrons. The van der Waals surface area contributed by atoms with Crippen molar-refractivity contribution in [3.05, 3.63) is 70.8 Å². The average molecular weight is 282 g/mol. The molecular formula is C19H22O2. The van der Waals surface area contributed by atoms with E-state index < -0.39 is 0 Å². The molecule has 0 saturated heterocycles. The molecule has 0 bridgehead atoms. The van der Waals surface area contributed by atoms with Crippen LogP contribution in [0.4, 0.5) is 0 Å². The Labute approximate surface area is 126 Å². The maximum atomic E-state index is 11.6. The first-order chi connectivity index (χ1) is 9.90. The van der Waals surface area contributed by atoms with Crippen LogP contribution >= 0.6 is 0 Å². The second kappa shape index (κ2) is 6.13. The first-order valence-corrected chi connectivity index (χ1v) is 7.17. The number of hydrogen-bond acceptors (Lipinski definition) is 2. The molecule has 0 unspecified atom stereocenters. The van der Waals surface area contributed by atoms with Crippen molar-refractivity contribution in [1.82, 2.24) is 0 Å². The van der Waals surface area contributed by atoms with E-state index in [2.05, 4.69) is 45.0 Å². The lowest BCUT2D eigenvalue weighted by atomic mass is 9.86. The third-order valence-corrected chi connectivity index (χ3v) is 3.58. The first-order valence-electron chi connectivity index (χ1n) is 7.17. The summed E-state index contributed by atoms with van der Waals surface area (Å²) in [6.07, 6.45) is 0.815. The van der Waals surface area contributed by atoms with Crippen molar-refractivity contribution >= 4 is 5.97 Å². The van der Waals surface area contributed by atoms with Gasteiger partial charge in [0.25, 0.3) is 0 Å². The van der Waals surface area contributed by atoms with Crippen molar-refractivity contribution in [2.75, 3.05) is 7.11 Å². The number of benzene rings is 2. The highest BCUT2D eigenvalue weighted by Crippen LogP contribution is 2.23. The minimum atomic E-state index is -0.292. The second-order valence-corrected chi connectivity index (χ2v) is 6.32. The van der Waals surface area contributed by atoms with Gasteiger partial charge in [-0.05, 0) is 40.7 Å². The maximum absolute atomic E-state index is 11.6. The number of rotatable bonds is 3. The predicted molar refractivity (Wildman–Crippen MR) is 85.7 cm³/mol. The largest absolute Gasteiger partial charge is 0.465 e. The zero-order valence-corrected chi connectivity index (χ0v) is 13.1. The topological polar surface area (TPSA) is 26.3 Å². The molecule has 0 aromatic heterocycles. The molecule has 0 fully saturated rings. The molecule has 0 spiro atoms. The van der Waals surface area contributed by atoms with Crippen LogP contribution < -0.4 is 0 Å². The van der Waals surface area contributed by atoms with E-state index in [9.17, 15) is 4.79 Å². The molecular weight excluding hydrogens is 260 g/mol. The molecule has 2 nitrogen and oxygen atoms in total. The van der Waals surface area contributed by atoms with Gasteiger partial charge in [-0.25, -0.2) is 4.79 Å². The number of ether oxygens (including phenoxy) is 1. The minimum Gasteiger partial charge on any atom is -0.465 e. The van der Waals surface area contributed by atoms with Crippen molar-refractivity contribution in [3.8, 4) is 0 Å². The van der Waals surface area contributed by atoms with Crippen LogP contribution in [0.15, 0.2) is 48.5 Å². The van der Waals surface area contributed by atoms with Gasteiger partial charge in [-0.2, -0.15) is 0 Å². The van der Waals surface area contributed by atoms with Crippen LogP contribution in [0.3, 0.4) is 0 Å². The lowest BCUT2D eigenvalue weighted by Gasteiger charge is -2.19. The third kappa shape index (κ3) is 3.94. The summed E-state index contributed by atoms with van der Waals surface area (Å²) < 4.78 is 4.76. The van der Waals surface area contributed by atoms with Gasteiger partial charge in [0.1, 0.15) is 0 Å². The third-order valence-electron chi connectivity index (χ3n) is 3.58. The van der Waals surface area contributed by atoms with Gasteiger partial charge in [0.2, 0.25) is 0 Å². The summed E-state index contributed by atoms with van der Waals surface area (Å²) in [4.78, 5) is 11.6. The molecule has 2 aromatic rings. The highest BCUT2D eigenvalue weighted by molar-refractivity contribution is 5.89. The van der Waals surface area contributed by atoms with Crippen molar-refractivity contribution < 1.29 is 9.53 Å². The summed E-state index contributed by atoms with van der Waals surface area (Å²) in [7, 11) is 1.40. The van der Waals surface area contributed by atoms with Crippen LogP contribution in [-0.2, 0) is 16.6 Å². The van der Waals surface area contributed by atoms with Crippen LogP contribution in [0, 0.1) is 0 Å². The molecule has 0 atom stereocenters. The molecule has 0 aliphatic carbocycles. The molecule has 21 heavy (non-hydrogen) atoms. The van der Waals surface area contributed by atoms with E-state index >= 15 is 0 Å². The Morgan fingerprint density at radius 2 is 1.67 bits per heavy atom. The number of methoxy groups -OCH3 is 1. The van der Waals surface area contributed by atoms with Crippen LogP contribution in [0.25, 0.3) is 0 Å². The summed E-state index contributed by atoms with van der Waals surface area (Å²) >= 11 is 0. The quantitative estimate of drug-likeness (QED) is 0.782. The van der Waals surface area contributed by atoms with Crippen LogP contribution in [0.2, 0.25) is 0 Å². The standard InChI is InChI=1S/C19H22O2/c1-19(2,3)17-10-8-14(9-11-17)12-15-6-5-7-16(13-15)18(20)21-4/h5-11,13H,12H2,1-4H3. The summed E-state index contributed by atoms with van der Waals surface area (Å²) in [5.41, 5.74) is 4.45. The molecule has 0 amide bonds. The van der Waals surface area contributed by atoms with Crippen LogP contribution in [-0.4, -0.2) is 13.1 Å². The molecule has 2 aromatic carbocycles. The van der Waals surface area contributed by atoms with Crippen molar-refractivity contribution in [2.45, 2.75) is 32.6 Å². The first kappa shape index (κ1) is 15.3. The summed E-state index contributed by atoms with van der Waals surface area (Å²) in [6.45, 7) is 6.63. The van der Waals surface area contributed by atoms with E-state index in [1.165, 1.54) is 18.2 Å². The van der Waals surface area contributed by atoms with E-state index in [1.54, 1.807) is 6.07 Å². The maximum Gasteiger partial charge on any atom is 0.337 e. The Balaban J connectivity index is 2.17. The fourth-order valence-corrected chi connectivity index (χ4v) is 2.28. The molecule has 0 aliphatic heterocycles. The number of hydrogen-bond donors (Lipinski definition) is 0. The Morgan fingerprint density at radius 1 is 1.00 bits per heavy atom. The van der Waals surface area contributed by atoms with Gasteiger partial charge in [0.05, 0.1) is 12.7 Å². The van der Waals surface area contributed by atoms with Crippen molar-refractivity contribution in [1.29, 1.82) is 0 Å². The van der Waals surface area contributed by atoms with Gasteiger partial charge in [-0.15, -0.1) is 0 Å². The van der Waals surface area contributed by atoms with Gasteiger partial charge in [-0.1, -0.05) is 57.2 Å². The number of carbonyl (C=O) groups is 1. The summed E-state index contributed by atoms with van der Waals surface area (Å²) in [6, 6.07) is 16.3. The van der Waals surface area contributed by atoms with Crippen molar-refractivity contribution in [3.63, 3.8) is 0 Å². The normalized spacial score (nSPS) is 11.2. The van der Waals surface area contributed by atoms with Crippen LogP contribution in [0.5, 0.6) is 0 Å². The van der Waals surface area contributed by atoms with Gasteiger partial charge in [0, 0.05) is 0 Å². The monoisotopic (exact) mass is 282 g/mol. The number of esters is 1. The lowest BCUT2D eigenvalue weighted by molar-refractivity contribution is 0.0600. The Hall–Kier alpha value is -2.09. The smallest absolute Gasteiger partial charge is 0.337 e. The zero-order valence-electron chi connectivity index (χ0n) is 13.1. The summed E-state index contributed by atoms with van der Waals surface area (Å²) in [5, 5.41) is 0. The molecule has 110 valence electrons. The highest BCUT2D eigenvalue weighted by atomic mass is 16.5. The molecule has 0 N–H and O–H groups in total. The highest BCUT2D eigenvalue weighted by Gasteiger charge is 2.13. The molecule has 2 heteroatoms. The molecule has 0 aliphatic rings. The Kier molecular flexibility index (Phi) is 4.46. The second-order valence-electron chi connectivity index (χ2n) is 6.32. The van der Waals surface area contributed by atoms with Gasteiger partial charge in [0.15, 0.2) is 0 Å². The SMILES string of the molecule is COC(=O)c1cccc(Cc2ccc(C(C)(C)C)cc2)c1. The lowest BCUT2D eigenvalue weighted by Crippen LogP contribution is -2.10.